The molecule has 7 heteroatoms. The van der Waals surface area contributed by atoms with E-state index < -0.39 is 29.8 Å². The molecule has 0 rings (SSSR count). The Bertz CT molecular complexity index is 232. The van der Waals surface area contributed by atoms with Crippen LogP contribution in [0.25, 0.3) is 0 Å². The summed E-state index contributed by atoms with van der Waals surface area (Å²) in [5.74, 6) is -2.51. The Morgan fingerprint density at radius 3 is 1.62 bits per heavy atom. The van der Waals surface area contributed by atoms with E-state index in [1.165, 1.54) is 0 Å². The van der Waals surface area contributed by atoms with E-state index in [9.17, 15) is 31.1 Å². The molecule has 13 heavy (non-hydrogen) atoms. The van der Waals surface area contributed by atoms with Crippen molar-refractivity contribution >= 4 is 5.78 Å². The Hall–Kier alpha value is -1.01. The Balaban J connectivity index is 4.70. The summed E-state index contributed by atoms with van der Waals surface area (Å²) in [6, 6.07) is 0. The predicted molar refractivity (Wildman–Crippen MR) is 30.9 cm³/mol. The SMILES string of the molecule is C/C(=C\C(=O)C(F)(F)F)C(F)(F)F. The summed E-state index contributed by atoms with van der Waals surface area (Å²) in [7, 11) is 0. The van der Waals surface area contributed by atoms with E-state index in [0.717, 1.165) is 0 Å². The summed E-state index contributed by atoms with van der Waals surface area (Å²) < 4.78 is 69.1. The zero-order valence-corrected chi connectivity index (χ0v) is 6.25. The van der Waals surface area contributed by atoms with Crippen LogP contribution in [0.3, 0.4) is 0 Å². The Labute approximate surface area is 69.0 Å². The molecule has 0 bridgehead atoms. The molecule has 0 aromatic carbocycles. The Morgan fingerprint density at radius 2 is 1.38 bits per heavy atom. The van der Waals surface area contributed by atoms with Gasteiger partial charge in [-0.05, 0) is 13.0 Å². The highest BCUT2D eigenvalue weighted by molar-refractivity contribution is 5.95. The van der Waals surface area contributed by atoms with Crippen molar-refractivity contribution in [1.29, 1.82) is 0 Å². The minimum atomic E-state index is -5.26. The van der Waals surface area contributed by atoms with Crippen molar-refractivity contribution in [3.8, 4) is 0 Å². The molecule has 0 aliphatic rings. The first kappa shape index (κ1) is 12.0. The third-order valence-electron chi connectivity index (χ3n) is 1.07. The van der Waals surface area contributed by atoms with Gasteiger partial charge in [-0.3, -0.25) is 4.79 Å². The lowest BCUT2D eigenvalue weighted by Crippen LogP contribution is -2.22. The van der Waals surface area contributed by atoms with Gasteiger partial charge in [0.1, 0.15) is 0 Å². The van der Waals surface area contributed by atoms with Crippen LogP contribution in [-0.4, -0.2) is 18.1 Å². The highest BCUT2D eigenvalue weighted by Crippen LogP contribution is 2.26. The van der Waals surface area contributed by atoms with E-state index in [2.05, 4.69) is 0 Å². The van der Waals surface area contributed by atoms with E-state index in [-0.39, 0.29) is 0 Å². The van der Waals surface area contributed by atoms with Gasteiger partial charge in [-0.25, -0.2) is 0 Å². The maximum atomic E-state index is 11.6. The number of carbonyl (C=O) groups is 1. The van der Waals surface area contributed by atoms with Crippen molar-refractivity contribution < 1.29 is 31.1 Å². The van der Waals surface area contributed by atoms with E-state index in [1.807, 2.05) is 0 Å². The Kier molecular flexibility index (Phi) is 3.13. The monoisotopic (exact) mass is 206 g/mol. The molecule has 0 atom stereocenters. The van der Waals surface area contributed by atoms with Crippen molar-refractivity contribution in [3.63, 3.8) is 0 Å². The lowest BCUT2D eigenvalue weighted by Gasteiger charge is -2.06. The smallest absolute Gasteiger partial charge is 0.285 e. The third kappa shape index (κ3) is 3.95. The fourth-order valence-electron chi connectivity index (χ4n) is 0.360. The molecule has 1 nitrogen and oxygen atoms in total. The van der Waals surface area contributed by atoms with Crippen LogP contribution in [0.1, 0.15) is 6.92 Å². The van der Waals surface area contributed by atoms with Gasteiger partial charge in [-0.1, -0.05) is 0 Å². The summed E-state index contributed by atoms with van der Waals surface area (Å²) >= 11 is 0. The fourth-order valence-corrected chi connectivity index (χ4v) is 0.360. The highest BCUT2D eigenvalue weighted by Gasteiger charge is 2.39. The molecule has 0 radical (unpaired) electrons. The van der Waals surface area contributed by atoms with Crippen LogP contribution in [0, 0.1) is 0 Å². The Morgan fingerprint density at radius 1 is 1.00 bits per heavy atom. The largest absolute Gasteiger partial charge is 0.454 e. The molecule has 0 saturated carbocycles. The van der Waals surface area contributed by atoms with Gasteiger partial charge < -0.3 is 0 Å². The van der Waals surface area contributed by atoms with Crippen molar-refractivity contribution in [1.82, 2.24) is 0 Å². The topological polar surface area (TPSA) is 17.1 Å². The molecule has 0 heterocycles. The van der Waals surface area contributed by atoms with E-state index in [0.29, 0.717) is 6.92 Å². The molecule has 0 amide bonds. The molecule has 0 aromatic rings. The standard InChI is InChI=1S/C6H4F6O/c1-3(5(7,8)9)2-4(13)6(10,11)12/h2H,1H3/b3-2+. The molecule has 0 aliphatic heterocycles. The van der Waals surface area contributed by atoms with Crippen LogP contribution in [-0.2, 0) is 4.79 Å². The second-order valence-corrected chi connectivity index (χ2v) is 2.19. The van der Waals surface area contributed by atoms with Gasteiger partial charge in [0.2, 0.25) is 0 Å². The maximum absolute atomic E-state index is 11.6. The molecule has 0 aliphatic carbocycles. The second kappa shape index (κ2) is 3.39. The van der Waals surface area contributed by atoms with E-state index in [4.69, 9.17) is 0 Å². The number of allylic oxidation sites excluding steroid dienone is 2. The maximum Gasteiger partial charge on any atom is 0.454 e. The first-order valence-electron chi connectivity index (χ1n) is 2.92. The van der Waals surface area contributed by atoms with Crippen LogP contribution in [0.4, 0.5) is 26.3 Å². The number of ketones is 1. The predicted octanol–water partition coefficient (Wildman–Crippen LogP) is 2.63. The number of halogens is 6. The van der Waals surface area contributed by atoms with Gasteiger partial charge in [-0.2, -0.15) is 26.3 Å². The molecule has 0 aromatic heterocycles. The fraction of sp³-hybridized carbons (Fsp3) is 0.500. The highest BCUT2D eigenvalue weighted by atomic mass is 19.4. The third-order valence-corrected chi connectivity index (χ3v) is 1.07. The zero-order chi connectivity index (χ0) is 10.9. The number of carbonyl (C=O) groups excluding carboxylic acids is 1. The van der Waals surface area contributed by atoms with Gasteiger partial charge in [0.15, 0.2) is 0 Å². The van der Waals surface area contributed by atoms with Gasteiger partial charge in [0.05, 0.1) is 0 Å². The minimum Gasteiger partial charge on any atom is -0.285 e. The van der Waals surface area contributed by atoms with Gasteiger partial charge >= 0.3 is 12.4 Å². The normalized spacial score (nSPS) is 14.5. The molecule has 76 valence electrons. The first-order valence-corrected chi connectivity index (χ1v) is 2.92. The summed E-state index contributed by atoms with van der Waals surface area (Å²) in [5, 5.41) is 0. The van der Waals surface area contributed by atoms with E-state index in [1.54, 1.807) is 0 Å². The van der Waals surface area contributed by atoms with Gasteiger partial charge in [0.25, 0.3) is 5.78 Å². The van der Waals surface area contributed by atoms with Gasteiger partial charge in [0, 0.05) is 5.57 Å². The number of hydrogen-bond acceptors (Lipinski definition) is 1. The number of hydrogen-bond donors (Lipinski definition) is 0. The molecular formula is C6H4F6O. The van der Waals surface area contributed by atoms with Crippen LogP contribution in [0.15, 0.2) is 11.6 Å². The number of alkyl halides is 6. The summed E-state index contributed by atoms with van der Waals surface area (Å²) in [4.78, 5) is 10.0. The van der Waals surface area contributed by atoms with Crippen LogP contribution in [0.2, 0.25) is 0 Å². The molecular weight excluding hydrogens is 202 g/mol. The quantitative estimate of drug-likeness (QED) is 0.476. The lowest BCUT2D eigenvalue weighted by atomic mass is 10.2. The molecule has 0 unspecified atom stereocenters. The average molecular weight is 206 g/mol. The molecule has 0 N–H and O–H groups in total. The number of rotatable bonds is 1. The van der Waals surface area contributed by atoms with Crippen LogP contribution >= 0.6 is 0 Å². The van der Waals surface area contributed by atoms with Crippen molar-refractivity contribution in [2.24, 2.45) is 0 Å². The lowest BCUT2D eigenvalue weighted by molar-refractivity contribution is -0.165. The first-order chi connectivity index (χ1) is 5.55. The zero-order valence-electron chi connectivity index (χ0n) is 6.25. The molecule has 0 saturated heterocycles. The van der Waals surface area contributed by atoms with E-state index >= 15 is 0 Å². The van der Waals surface area contributed by atoms with Crippen molar-refractivity contribution in [3.05, 3.63) is 11.6 Å². The summed E-state index contributed by atoms with van der Waals surface area (Å²) in [6.07, 6.45) is -10.6. The van der Waals surface area contributed by atoms with Crippen LogP contribution < -0.4 is 0 Å². The molecule has 0 fully saturated rings. The average Bonchev–Trinajstić information content (AvgIpc) is 1.82. The summed E-state index contributed by atoms with van der Waals surface area (Å²) in [5.41, 5.74) is -1.57. The second-order valence-electron chi connectivity index (χ2n) is 2.19. The van der Waals surface area contributed by atoms with Gasteiger partial charge in [-0.15, -0.1) is 0 Å². The van der Waals surface area contributed by atoms with Crippen molar-refractivity contribution in [2.45, 2.75) is 19.3 Å². The summed E-state index contributed by atoms with van der Waals surface area (Å²) in [6.45, 7) is 0.393. The van der Waals surface area contributed by atoms with Crippen LogP contribution in [0.5, 0.6) is 0 Å². The minimum absolute atomic E-state index is 0.393. The molecule has 0 spiro atoms. The van der Waals surface area contributed by atoms with Crippen molar-refractivity contribution in [2.75, 3.05) is 0 Å².